The lowest BCUT2D eigenvalue weighted by Gasteiger charge is -2.31. The first kappa shape index (κ1) is 9.43. The van der Waals surface area contributed by atoms with Crippen molar-refractivity contribution in [1.82, 2.24) is 10.3 Å². The summed E-state index contributed by atoms with van der Waals surface area (Å²) in [7, 11) is 0. The molecule has 1 atom stereocenters. The van der Waals surface area contributed by atoms with Crippen LogP contribution < -0.4 is 16.0 Å². The van der Waals surface area contributed by atoms with Crippen molar-refractivity contribution in [3.8, 4) is 0 Å². The highest BCUT2D eigenvalue weighted by atomic mass is 15.4. The fraction of sp³-hybridized carbons (Fsp3) is 0.500. The van der Waals surface area contributed by atoms with Crippen molar-refractivity contribution in [3.05, 3.63) is 24.4 Å². The van der Waals surface area contributed by atoms with Gasteiger partial charge in [-0.05, 0) is 26.0 Å². The molecule has 1 unspecified atom stereocenters. The van der Waals surface area contributed by atoms with Crippen LogP contribution in [0, 0.1) is 0 Å². The van der Waals surface area contributed by atoms with Gasteiger partial charge in [-0.3, -0.25) is 5.32 Å². The molecule has 4 nitrogen and oxygen atoms in total. The van der Waals surface area contributed by atoms with Gasteiger partial charge in [-0.2, -0.15) is 0 Å². The summed E-state index contributed by atoms with van der Waals surface area (Å²) >= 11 is 0. The molecule has 0 aromatic carbocycles. The largest absolute Gasteiger partial charge is 0.336 e. The van der Waals surface area contributed by atoms with Gasteiger partial charge in [0.1, 0.15) is 5.82 Å². The standard InChI is InChI=1S/C10H16N4/c1-10(2)13-8(11)7-14(10)9-5-3-4-6-12-9/h3-6,8,13H,7,11H2,1-2H3. The summed E-state index contributed by atoms with van der Waals surface area (Å²) in [6.07, 6.45) is 1.82. The Morgan fingerprint density at radius 1 is 1.57 bits per heavy atom. The van der Waals surface area contributed by atoms with E-state index in [1.807, 2.05) is 18.2 Å². The Hall–Kier alpha value is -1.13. The molecule has 0 aliphatic carbocycles. The van der Waals surface area contributed by atoms with E-state index < -0.39 is 0 Å². The Morgan fingerprint density at radius 2 is 2.36 bits per heavy atom. The van der Waals surface area contributed by atoms with E-state index in [2.05, 4.69) is 29.0 Å². The number of aromatic nitrogens is 1. The number of nitrogens with zero attached hydrogens (tertiary/aromatic N) is 2. The van der Waals surface area contributed by atoms with E-state index >= 15 is 0 Å². The molecule has 4 heteroatoms. The molecule has 1 fully saturated rings. The van der Waals surface area contributed by atoms with E-state index in [0.717, 1.165) is 12.4 Å². The van der Waals surface area contributed by atoms with Gasteiger partial charge in [0, 0.05) is 12.7 Å². The highest BCUT2D eigenvalue weighted by Gasteiger charge is 2.36. The van der Waals surface area contributed by atoms with Crippen LogP contribution in [0.2, 0.25) is 0 Å². The highest BCUT2D eigenvalue weighted by molar-refractivity contribution is 5.42. The normalized spacial score (nSPS) is 25.4. The van der Waals surface area contributed by atoms with Gasteiger partial charge in [0.05, 0.1) is 11.8 Å². The summed E-state index contributed by atoms with van der Waals surface area (Å²) < 4.78 is 0. The first-order valence-corrected chi connectivity index (χ1v) is 4.81. The van der Waals surface area contributed by atoms with Crippen LogP contribution in [0.25, 0.3) is 0 Å². The zero-order valence-corrected chi connectivity index (χ0v) is 8.57. The Morgan fingerprint density at radius 3 is 2.86 bits per heavy atom. The van der Waals surface area contributed by atoms with Crippen LogP contribution in [-0.4, -0.2) is 23.4 Å². The Balaban J connectivity index is 2.27. The Bertz CT molecular complexity index is 309. The van der Waals surface area contributed by atoms with Gasteiger partial charge in [-0.15, -0.1) is 0 Å². The lowest BCUT2D eigenvalue weighted by Crippen LogP contribution is -2.48. The molecule has 0 bridgehead atoms. The maximum atomic E-state index is 5.86. The van der Waals surface area contributed by atoms with Crippen molar-refractivity contribution < 1.29 is 0 Å². The molecule has 1 aliphatic heterocycles. The molecule has 76 valence electrons. The van der Waals surface area contributed by atoms with Gasteiger partial charge in [0.2, 0.25) is 0 Å². The molecule has 1 saturated heterocycles. The quantitative estimate of drug-likeness (QED) is 0.681. The van der Waals surface area contributed by atoms with Crippen LogP contribution in [0.15, 0.2) is 24.4 Å². The number of nitrogens with one attached hydrogen (secondary N) is 1. The summed E-state index contributed by atoms with van der Waals surface area (Å²) in [6, 6.07) is 5.91. The van der Waals surface area contributed by atoms with E-state index in [1.54, 1.807) is 6.20 Å². The van der Waals surface area contributed by atoms with Crippen molar-refractivity contribution in [2.45, 2.75) is 25.7 Å². The second-order valence-electron chi connectivity index (χ2n) is 4.11. The van der Waals surface area contributed by atoms with Crippen LogP contribution in [-0.2, 0) is 0 Å². The smallest absolute Gasteiger partial charge is 0.130 e. The van der Waals surface area contributed by atoms with Gasteiger partial charge in [0.25, 0.3) is 0 Å². The van der Waals surface area contributed by atoms with Crippen LogP contribution in [0.5, 0.6) is 0 Å². The Labute approximate surface area is 84.1 Å². The maximum absolute atomic E-state index is 5.86. The molecule has 0 saturated carbocycles. The molecule has 2 rings (SSSR count). The van der Waals surface area contributed by atoms with E-state index in [0.29, 0.717) is 0 Å². The second-order valence-corrected chi connectivity index (χ2v) is 4.11. The van der Waals surface area contributed by atoms with Crippen LogP contribution in [0.3, 0.4) is 0 Å². The van der Waals surface area contributed by atoms with E-state index in [1.165, 1.54) is 0 Å². The molecular weight excluding hydrogens is 176 g/mol. The maximum Gasteiger partial charge on any atom is 0.130 e. The monoisotopic (exact) mass is 192 g/mol. The van der Waals surface area contributed by atoms with Gasteiger partial charge >= 0.3 is 0 Å². The molecule has 0 radical (unpaired) electrons. The minimum atomic E-state index is -0.117. The number of anilines is 1. The summed E-state index contributed by atoms with van der Waals surface area (Å²) in [5.41, 5.74) is 5.74. The van der Waals surface area contributed by atoms with E-state index in [4.69, 9.17) is 5.73 Å². The average molecular weight is 192 g/mol. The van der Waals surface area contributed by atoms with E-state index in [9.17, 15) is 0 Å². The number of hydrogen-bond acceptors (Lipinski definition) is 4. The minimum absolute atomic E-state index is 0.0204. The minimum Gasteiger partial charge on any atom is -0.336 e. The van der Waals surface area contributed by atoms with Crippen molar-refractivity contribution >= 4 is 5.82 Å². The summed E-state index contributed by atoms with van der Waals surface area (Å²) in [5, 5.41) is 3.31. The number of nitrogens with two attached hydrogens (primary N) is 1. The first-order valence-electron chi connectivity index (χ1n) is 4.81. The topological polar surface area (TPSA) is 54.2 Å². The predicted octanol–water partition coefficient (Wildman–Crippen LogP) is 0.512. The molecule has 1 aliphatic rings. The van der Waals surface area contributed by atoms with Crippen LogP contribution in [0.4, 0.5) is 5.82 Å². The molecular formula is C10H16N4. The zero-order chi connectivity index (χ0) is 10.2. The SMILES string of the molecule is CC1(C)NC(N)CN1c1ccccn1. The molecule has 0 spiro atoms. The molecule has 0 amide bonds. The van der Waals surface area contributed by atoms with Crippen molar-refractivity contribution in [3.63, 3.8) is 0 Å². The molecule has 2 heterocycles. The summed E-state index contributed by atoms with van der Waals surface area (Å²) in [6.45, 7) is 5.01. The third kappa shape index (κ3) is 1.58. The predicted molar refractivity (Wildman–Crippen MR) is 56.8 cm³/mol. The summed E-state index contributed by atoms with van der Waals surface area (Å²) in [4.78, 5) is 6.50. The lowest BCUT2D eigenvalue weighted by atomic mass is 10.2. The number of rotatable bonds is 1. The fourth-order valence-corrected chi connectivity index (χ4v) is 1.90. The zero-order valence-electron chi connectivity index (χ0n) is 8.57. The number of pyridine rings is 1. The summed E-state index contributed by atoms with van der Waals surface area (Å²) in [5.74, 6) is 0.970. The van der Waals surface area contributed by atoms with Crippen LogP contribution in [0.1, 0.15) is 13.8 Å². The van der Waals surface area contributed by atoms with Crippen molar-refractivity contribution in [1.29, 1.82) is 0 Å². The molecule has 14 heavy (non-hydrogen) atoms. The fourth-order valence-electron chi connectivity index (χ4n) is 1.90. The lowest BCUT2D eigenvalue weighted by molar-refractivity contribution is 0.430. The Kier molecular flexibility index (Phi) is 2.17. The molecule has 1 aromatic rings. The third-order valence-electron chi connectivity index (χ3n) is 2.52. The highest BCUT2D eigenvalue weighted by Crippen LogP contribution is 2.23. The van der Waals surface area contributed by atoms with Crippen molar-refractivity contribution in [2.24, 2.45) is 5.73 Å². The van der Waals surface area contributed by atoms with Gasteiger partial charge in [0.15, 0.2) is 0 Å². The van der Waals surface area contributed by atoms with Gasteiger partial charge in [-0.25, -0.2) is 4.98 Å². The number of hydrogen-bond donors (Lipinski definition) is 2. The van der Waals surface area contributed by atoms with Crippen molar-refractivity contribution in [2.75, 3.05) is 11.4 Å². The van der Waals surface area contributed by atoms with Gasteiger partial charge < -0.3 is 10.6 Å². The first-order chi connectivity index (χ1) is 6.59. The molecule has 3 N–H and O–H groups in total. The van der Waals surface area contributed by atoms with E-state index in [-0.39, 0.29) is 11.8 Å². The third-order valence-corrected chi connectivity index (χ3v) is 2.52. The average Bonchev–Trinajstić information content (AvgIpc) is 2.41. The van der Waals surface area contributed by atoms with Crippen LogP contribution >= 0.6 is 0 Å². The van der Waals surface area contributed by atoms with Gasteiger partial charge in [-0.1, -0.05) is 6.07 Å². The molecule has 1 aromatic heterocycles. The second kappa shape index (κ2) is 3.22.